The van der Waals surface area contributed by atoms with E-state index in [1.165, 1.54) is 0 Å². The smallest absolute Gasteiger partial charge is 0.314 e. The van der Waals surface area contributed by atoms with Crippen LogP contribution in [-0.2, 0) is 4.79 Å². The summed E-state index contributed by atoms with van der Waals surface area (Å²) in [5.41, 5.74) is 0. The molecule has 1 fully saturated rings. The van der Waals surface area contributed by atoms with Gasteiger partial charge in [-0.05, 0) is 52.7 Å². The van der Waals surface area contributed by atoms with Gasteiger partial charge in [0.1, 0.15) is 5.75 Å². The van der Waals surface area contributed by atoms with Crippen molar-refractivity contribution in [3.63, 3.8) is 0 Å². The van der Waals surface area contributed by atoms with Gasteiger partial charge >= 0.3 is 5.97 Å². The van der Waals surface area contributed by atoms with Gasteiger partial charge in [-0.15, -0.1) is 0 Å². The van der Waals surface area contributed by atoms with Gasteiger partial charge in [-0.3, -0.25) is 4.79 Å². The lowest BCUT2D eigenvalue weighted by molar-refractivity contribution is -0.139. The van der Waals surface area contributed by atoms with Crippen molar-refractivity contribution in [2.24, 2.45) is 17.8 Å². The summed E-state index contributed by atoms with van der Waals surface area (Å²) in [6.07, 6.45) is 6.47. The summed E-state index contributed by atoms with van der Waals surface area (Å²) in [6, 6.07) is 7.46. The van der Waals surface area contributed by atoms with Gasteiger partial charge in [0.2, 0.25) is 0 Å². The number of fused-ring (bicyclic) bond motifs is 2. The van der Waals surface area contributed by atoms with Crippen LogP contribution >= 0.6 is 15.9 Å². The summed E-state index contributed by atoms with van der Waals surface area (Å²) in [4.78, 5) is 12.1. The normalized spacial score (nSPS) is 29.6. The fourth-order valence-corrected chi connectivity index (χ4v) is 3.13. The third-order valence-electron chi connectivity index (χ3n) is 3.63. The van der Waals surface area contributed by atoms with Crippen LogP contribution in [0.2, 0.25) is 0 Å². The number of ether oxygens (including phenoxy) is 1. The van der Waals surface area contributed by atoms with E-state index in [2.05, 4.69) is 28.1 Å². The monoisotopic (exact) mass is 292 g/mol. The fourth-order valence-electron chi connectivity index (χ4n) is 2.76. The molecule has 0 aromatic heterocycles. The highest BCUT2D eigenvalue weighted by atomic mass is 79.9. The second-order valence-corrected chi connectivity index (χ2v) is 5.59. The fraction of sp³-hybridized carbons (Fsp3) is 0.357. The zero-order chi connectivity index (χ0) is 11.8. The maximum Gasteiger partial charge on any atom is 0.314 e. The van der Waals surface area contributed by atoms with Gasteiger partial charge in [0.05, 0.1) is 10.4 Å². The van der Waals surface area contributed by atoms with E-state index in [0.29, 0.717) is 17.6 Å². The number of rotatable bonds is 2. The van der Waals surface area contributed by atoms with Crippen molar-refractivity contribution in [1.29, 1.82) is 0 Å². The predicted molar refractivity (Wildman–Crippen MR) is 68.6 cm³/mol. The van der Waals surface area contributed by atoms with E-state index in [1.54, 1.807) is 0 Å². The van der Waals surface area contributed by atoms with Gasteiger partial charge in [0, 0.05) is 0 Å². The molecule has 3 rings (SSSR count). The Balaban J connectivity index is 1.72. The number of carbonyl (C=O) groups excluding carboxylic acids is 1. The third-order valence-corrected chi connectivity index (χ3v) is 4.28. The molecule has 1 aromatic rings. The van der Waals surface area contributed by atoms with Crippen LogP contribution in [0.3, 0.4) is 0 Å². The standard InChI is InChI=1S/C14H13BrO2/c15-12-3-1-2-4-13(12)17-14(16)11-8-9-5-6-10(11)7-9/h1-6,9-11H,7-8H2. The lowest BCUT2D eigenvalue weighted by Crippen LogP contribution is -2.24. The Morgan fingerprint density at radius 3 is 2.71 bits per heavy atom. The minimum absolute atomic E-state index is 0.0529. The van der Waals surface area contributed by atoms with E-state index in [4.69, 9.17) is 4.74 Å². The van der Waals surface area contributed by atoms with E-state index >= 15 is 0 Å². The molecule has 1 aromatic carbocycles. The number of halogens is 1. The summed E-state index contributed by atoms with van der Waals surface area (Å²) < 4.78 is 6.29. The third kappa shape index (κ3) is 2.04. The lowest BCUT2D eigenvalue weighted by Gasteiger charge is -2.16. The number of para-hydroxylation sites is 1. The minimum Gasteiger partial charge on any atom is -0.425 e. The molecule has 0 saturated heterocycles. The Morgan fingerprint density at radius 2 is 2.06 bits per heavy atom. The van der Waals surface area contributed by atoms with Gasteiger partial charge in [0.25, 0.3) is 0 Å². The summed E-state index contributed by atoms with van der Waals surface area (Å²) >= 11 is 3.38. The van der Waals surface area contributed by atoms with Crippen LogP contribution in [0.4, 0.5) is 0 Å². The van der Waals surface area contributed by atoms with E-state index in [9.17, 15) is 4.79 Å². The quantitative estimate of drug-likeness (QED) is 0.473. The SMILES string of the molecule is O=C(Oc1ccccc1Br)C1CC2C=CC1C2. The van der Waals surface area contributed by atoms with Crippen molar-refractivity contribution in [1.82, 2.24) is 0 Å². The van der Waals surface area contributed by atoms with Crippen LogP contribution < -0.4 is 4.74 Å². The molecule has 0 amide bonds. The highest BCUT2D eigenvalue weighted by molar-refractivity contribution is 9.10. The molecule has 2 nitrogen and oxygen atoms in total. The zero-order valence-electron chi connectivity index (χ0n) is 9.30. The van der Waals surface area contributed by atoms with Crippen molar-refractivity contribution in [3.8, 4) is 5.75 Å². The van der Waals surface area contributed by atoms with Gasteiger partial charge in [-0.25, -0.2) is 0 Å². The number of hydrogen-bond acceptors (Lipinski definition) is 2. The molecule has 0 heterocycles. The van der Waals surface area contributed by atoms with E-state index < -0.39 is 0 Å². The Kier molecular flexibility index (Phi) is 2.79. The molecule has 88 valence electrons. The second-order valence-electron chi connectivity index (χ2n) is 4.74. The first-order valence-electron chi connectivity index (χ1n) is 5.88. The molecular formula is C14H13BrO2. The van der Waals surface area contributed by atoms with Crippen LogP contribution in [0.15, 0.2) is 40.9 Å². The second kappa shape index (κ2) is 4.30. The van der Waals surface area contributed by atoms with Gasteiger partial charge in [-0.1, -0.05) is 24.3 Å². The molecule has 2 aliphatic carbocycles. The van der Waals surface area contributed by atoms with Gasteiger partial charge in [0.15, 0.2) is 0 Å². The molecular weight excluding hydrogens is 280 g/mol. The predicted octanol–water partition coefficient (Wildman–Crippen LogP) is 3.57. The Bertz CT molecular complexity index is 481. The van der Waals surface area contributed by atoms with Crippen LogP contribution in [-0.4, -0.2) is 5.97 Å². The number of benzene rings is 1. The summed E-state index contributed by atoms with van der Waals surface area (Å²) in [5, 5.41) is 0. The van der Waals surface area contributed by atoms with Crippen molar-refractivity contribution < 1.29 is 9.53 Å². The Morgan fingerprint density at radius 1 is 1.24 bits per heavy atom. The molecule has 2 aliphatic rings. The largest absolute Gasteiger partial charge is 0.425 e. The van der Waals surface area contributed by atoms with Crippen molar-refractivity contribution in [2.75, 3.05) is 0 Å². The minimum atomic E-state index is -0.0891. The van der Waals surface area contributed by atoms with Crippen LogP contribution in [0.25, 0.3) is 0 Å². The summed E-state index contributed by atoms with van der Waals surface area (Å²) in [6.45, 7) is 0. The first kappa shape index (κ1) is 11.0. The van der Waals surface area contributed by atoms with Crippen molar-refractivity contribution >= 4 is 21.9 Å². The van der Waals surface area contributed by atoms with Crippen molar-refractivity contribution in [3.05, 3.63) is 40.9 Å². The summed E-state index contributed by atoms with van der Waals surface area (Å²) in [7, 11) is 0. The highest BCUT2D eigenvalue weighted by Crippen LogP contribution is 2.44. The highest BCUT2D eigenvalue weighted by Gasteiger charge is 2.40. The maximum atomic E-state index is 12.1. The molecule has 3 heteroatoms. The van der Waals surface area contributed by atoms with Gasteiger partial charge < -0.3 is 4.74 Å². The number of esters is 1. The first-order chi connectivity index (χ1) is 8.24. The zero-order valence-corrected chi connectivity index (χ0v) is 10.9. The molecule has 17 heavy (non-hydrogen) atoms. The molecule has 3 unspecified atom stereocenters. The average Bonchev–Trinajstić information content (AvgIpc) is 2.94. The maximum absolute atomic E-state index is 12.1. The molecule has 0 spiro atoms. The lowest BCUT2D eigenvalue weighted by atomic mass is 9.94. The molecule has 2 bridgehead atoms. The van der Waals surface area contributed by atoms with E-state index in [-0.39, 0.29) is 11.9 Å². The van der Waals surface area contributed by atoms with Gasteiger partial charge in [-0.2, -0.15) is 0 Å². The first-order valence-corrected chi connectivity index (χ1v) is 6.68. The van der Waals surface area contributed by atoms with Crippen LogP contribution in [0.5, 0.6) is 5.75 Å². The number of carbonyl (C=O) groups is 1. The molecule has 0 aliphatic heterocycles. The molecule has 0 radical (unpaired) electrons. The number of allylic oxidation sites excluding steroid dienone is 2. The van der Waals surface area contributed by atoms with Crippen molar-refractivity contribution in [2.45, 2.75) is 12.8 Å². The average molecular weight is 293 g/mol. The molecule has 0 N–H and O–H groups in total. The Hall–Kier alpha value is -1.09. The Labute approximate surface area is 109 Å². The molecule has 1 saturated carbocycles. The topological polar surface area (TPSA) is 26.3 Å². The summed E-state index contributed by atoms with van der Waals surface area (Å²) in [5.74, 6) is 1.57. The van der Waals surface area contributed by atoms with Crippen LogP contribution in [0, 0.1) is 17.8 Å². The molecule has 3 atom stereocenters. The van der Waals surface area contributed by atoms with E-state index in [1.807, 2.05) is 24.3 Å². The van der Waals surface area contributed by atoms with Crippen LogP contribution in [0.1, 0.15) is 12.8 Å². The number of hydrogen-bond donors (Lipinski definition) is 0. The van der Waals surface area contributed by atoms with E-state index in [0.717, 1.165) is 17.3 Å².